The molecule has 0 aromatic carbocycles. The van der Waals surface area contributed by atoms with Crippen LogP contribution in [0.5, 0.6) is 5.75 Å². The smallest absolute Gasteiger partial charge is 0.158 e. The van der Waals surface area contributed by atoms with Crippen molar-refractivity contribution in [2.45, 2.75) is 6.92 Å². The predicted molar refractivity (Wildman–Crippen MR) is 53.3 cm³/mol. The molecule has 1 aromatic heterocycles. The van der Waals surface area contributed by atoms with Crippen LogP contribution < -0.4 is 4.74 Å². The number of methoxy groups -OCH3 is 1. The minimum atomic E-state index is 0.615. The first-order valence-electron chi connectivity index (χ1n) is 3.01. The summed E-state index contributed by atoms with van der Waals surface area (Å²) in [5, 5.41) is 0.615. The van der Waals surface area contributed by atoms with Gasteiger partial charge < -0.3 is 4.74 Å². The van der Waals surface area contributed by atoms with Gasteiger partial charge in [-0.1, -0.05) is 11.6 Å². The van der Waals surface area contributed by atoms with E-state index < -0.39 is 0 Å². The second-order valence-electron chi connectivity index (χ2n) is 2.05. The Morgan fingerprint density at radius 3 is 2.73 bits per heavy atom. The Morgan fingerprint density at radius 1 is 1.64 bits per heavy atom. The minimum Gasteiger partial charge on any atom is -0.493 e. The maximum absolute atomic E-state index is 5.87. The van der Waals surface area contributed by atoms with Crippen molar-refractivity contribution >= 4 is 34.2 Å². The number of ether oxygens (including phenoxy) is 1. The van der Waals surface area contributed by atoms with Crippen LogP contribution in [0.25, 0.3) is 0 Å². The minimum absolute atomic E-state index is 0.615. The summed E-state index contributed by atoms with van der Waals surface area (Å²) in [4.78, 5) is 4.18. The van der Waals surface area contributed by atoms with E-state index in [1.165, 1.54) is 0 Å². The lowest BCUT2D eigenvalue weighted by atomic mass is 10.3. The Bertz CT molecular complexity index is 254. The molecule has 11 heavy (non-hydrogen) atoms. The van der Waals surface area contributed by atoms with Crippen molar-refractivity contribution in [1.82, 2.24) is 4.98 Å². The van der Waals surface area contributed by atoms with Gasteiger partial charge in [0.05, 0.1) is 17.8 Å². The number of aromatic nitrogens is 1. The van der Waals surface area contributed by atoms with Crippen LogP contribution in [0.15, 0.2) is 6.07 Å². The lowest BCUT2D eigenvalue weighted by Gasteiger charge is -2.05. The van der Waals surface area contributed by atoms with Crippen LogP contribution in [0.2, 0.25) is 5.02 Å². The fourth-order valence-electron chi connectivity index (χ4n) is 0.831. The number of hydrogen-bond acceptors (Lipinski definition) is 2. The van der Waals surface area contributed by atoms with E-state index in [2.05, 4.69) is 27.6 Å². The first-order chi connectivity index (χ1) is 5.15. The lowest BCUT2D eigenvalue weighted by molar-refractivity contribution is 0.409. The SMILES string of the molecule is COc1c(Cl)cc(I)nc1C. The van der Waals surface area contributed by atoms with Gasteiger partial charge >= 0.3 is 0 Å². The highest BCUT2D eigenvalue weighted by Gasteiger charge is 2.05. The van der Waals surface area contributed by atoms with Crippen molar-refractivity contribution in [3.63, 3.8) is 0 Å². The number of halogens is 2. The lowest BCUT2D eigenvalue weighted by Crippen LogP contribution is -1.93. The van der Waals surface area contributed by atoms with Gasteiger partial charge in [-0.2, -0.15) is 0 Å². The first-order valence-corrected chi connectivity index (χ1v) is 4.47. The predicted octanol–water partition coefficient (Wildman–Crippen LogP) is 2.66. The third kappa shape index (κ3) is 1.96. The van der Waals surface area contributed by atoms with Crippen LogP contribution >= 0.6 is 34.2 Å². The number of aryl methyl sites for hydroxylation is 1. The van der Waals surface area contributed by atoms with Gasteiger partial charge in [-0.15, -0.1) is 0 Å². The molecule has 0 saturated heterocycles. The summed E-state index contributed by atoms with van der Waals surface area (Å²) in [6.07, 6.45) is 0. The molecule has 4 heteroatoms. The second kappa shape index (κ2) is 3.58. The average Bonchev–Trinajstić information content (AvgIpc) is 1.85. The van der Waals surface area contributed by atoms with E-state index in [9.17, 15) is 0 Å². The zero-order valence-electron chi connectivity index (χ0n) is 6.19. The molecule has 2 nitrogen and oxygen atoms in total. The largest absolute Gasteiger partial charge is 0.493 e. The molecule has 0 bridgehead atoms. The number of pyridine rings is 1. The summed E-state index contributed by atoms with van der Waals surface area (Å²) in [6, 6.07) is 1.77. The highest BCUT2D eigenvalue weighted by molar-refractivity contribution is 14.1. The first kappa shape index (κ1) is 9.06. The highest BCUT2D eigenvalue weighted by Crippen LogP contribution is 2.27. The van der Waals surface area contributed by atoms with Gasteiger partial charge in [0, 0.05) is 0 Å². The molecular weight excluding hydrogens is 276 g/mol. The quantitative estimate of drug-likeness (QED) is 0.584. The van der Waals surface area contributed by atoms with Crippen molar-refractivity contribution in [3.8, 4) is 5.75 Å². The van der Waals surface area contributed by atoms with Gasteiger partial charge in [-0.05, 0) is 35.6 Å². The van der Waals surface area contributed by atoms with E-state index in [0.29, 0.717) is 10.8 Å². The van der Waals surface area contributed by atoms with Gasteiger partial charge in [-0.25, -0.2) is 4.98 Å². The summed E-state index contributed by atoms with van der Waals surface area (Å²) < 4.78 is 5.91. The summed E-state index contributed by atoms with van der Waals surface area (Å²) in [5.41, 5.74) is 0.824. The molecule has 0 saturated carbocycles. The zero-order chi connectivity index (χ0) is 8.43. The van der Waals surface area contributed by atoms with Crippen LogP contribution in [0.1, 0.15) is 5.69 Å². The molecule has 1 heterocycles. The van der Waals surface area contributed by atoms with Gasteiger partial charge in [-0.3, -0.25) is 0 Å². The molecule has 0 aliphatic heterocycles. The van der Waals surface area contributed by atoms with Crippen LogP contribution in [-0.2, 0) is 0 Å². The second-order valence-corrected chi connectivity index (χ2v) is 3.56. The maximum Gasteiger partial charge on any atom is 0.158 e. The van der Waals surface area contributed by atoms with Gasteiger partial charge in [0.15, 0.2) is 5.75 Å². The van der Waals surface area contributed by atoms with Crippen molar-refractivity contribution in [3.05, 3.63) is 20.5 Å². The van der Waals surface area contributed by atoms with E-state index in [4.69, 9.17) is 16.3 Å². The van der Waals surface area contributed by atoms with E-state index in [0.717, 1.165) is 9.39 Å². The summed E-state index contributed by atoms with van der Waals surface area (Å²) in [6.45, 7) is 1.87. The Morgan fingerprint density at radius 2 is 2.27 bits per heavy atom. The number of rotatable bonds is 1. The normalized spacial score (nSPS) is 9.82. The Kier molecular flexibility index (Phi) is 2.95. The molecule has 0 aliphatic rings. The highest BCUT2D eigenvalue weighted by atomic mass is 127. The molecule has 0 amide bonds. The molecule has 0 fully saturated rings. The molecular formula is C7H7ClINO. The zero-order valence-corrected chi connectivity index (χ0v) is 9.10. The maximum atomic E-state index is 5.87. The van der Waals surface area contributed by atoms with Crippen LogP contribution in [0, 0.1) is 10.6 Å². The number of hydrogen-bond donors (Lipinski definition) is 0. The Labute approximate surface area is 84.1 Å². The van der Waals surface area contributed by atoms with Crippen molar-refractivity contribution < 1.29 is 4.74 Å². The topological polar surface area (TPSA) is 22.1 Å². The third-order valence-corrected chi connectivity index (χ3v) is 2.10. The fourth-order valence-corrected chi connectivity index (χ4v) is 2.01. The molecule has 0 aliphatic carbocycles. The van der Waals surface area contributed by atoms with E-state index >= 15 is 0 Å². The summed E-state index contributed by atoms with van der Waals surface area (Å²) >= 11 is 7.98. The summed E-state index contributed by atoms with van der Waals surface area (Å²) in [5.74, 6) is 0.659. The van der Waals surface area contributed by atoms with Crippen molar-refractivity contribution in [1.29, 1.82) is 0 Å². The summed E-state index contributed by atoms with van der Waals surface area (Å²) in [7, 11) is 1.59. The molecule has 0 spiro atoms. The van der Waals surface area contributed by atoms with Crippen LogP contribution in [0.3, 0.4) is 0 Å². The molecule has 0 unspecified atom stereocenters. The molecule has 1 rings (SSSR count). The molecule has 0 N–H and O–H groups in total. The van der Waals surface area contributed by atoms with Crippen molar-refractivity contribution in [2.75, 3.05) is 7.11 Å². The number of nitrogens with zero attached hydrogens (tertiary/aromatic N) is 1. The van der Waals surface area contributed by atoms with E-state index in [1.807, 2.05) is 6.92 Å². The van der Waals surface area contributed by atoms with Gasteiger partial charge in [0.2, 0.25) is 0 Å². The Balaban J connectivity index is 3.25. The standard InChI is InChI=1S/C7H7ClINO/c1-4-7(11-2)5(8)3-6(9)10-4/h3H,1-2H3. The Hall–Kier alpha value is -0.0300. The van der Waals surface area contributed by atoms with E-state index in [1.54, 1.807) is 13.2 Å². The third-order valence-electron chi connectivity index (χ3n) is 1.27. The van der Waals surface area contributed by atoms with Gasteiger partial charge in [0.25, 0.3) is 0 Å². The molecule has 60 valence electrons. The molecule has 0 radical (unpaired) electrons. The molecule has 0 atom stereocenters. The molecule has 1 aromatic rings. The monoisotopic (exact) mass is 283 g/mol. The van der Waals surface area contributed by atoms with Crippen LogP contribution in [0.4, 0.5) is 0 Å². The van der Waals surface area contributed by atoms with E-state index in [-0.39, 0.29) is 0 Å². The average molecular weight is 283 g/mol. The van der Waals surface area contributed by atoms with Gasteiger partial charge in [0.1, 0.15) is 3.70 Å². The van der Waals surface area contributed by atoms with Crippen molar-refractivity contribution in [2.24, 2.45) is 0 Å². The fraction of sp³-hybridized carbons (Fsp3) is 0.286. The van der Waals surface area contributed by atoms with Crippen LogP contribution in [-0.4, -0.2) is 12.1 Å².